The first kappa shape index (κ1) is 14.0. The van der Waals surface area contributed by atoms with E-state index in [1.807, 2.05) is 17.9 Å². The van der Waals surface area contributed by atoms with Crippen LogP contribution in [-0.4, -0.2) is 36.3 Å². The van der Waals surface area contributed by atoms with Crippen molar-refractivity contribution in [3.05, 3.63) is 16.4 Å². The summed E-state index contributed by atoms with van der Waals surface area (Å²) in [5, 5.41) is 7.72. The van der Waals surface area contributed by atoms with E-state index in [2.05, 4.69) is 40.2 Å². The number of nitrogens with zero attached hydrogens (tertiary/aromatic N) is 2. The third kappa shape index (κ3) is 2.93. The van der Waals surface area contributed by atoms with Crippen LogP contribution in [0.4, 0.5) is 0 Å². The number of rotatable bonds is 5. The van der Waals surface area contributed by atoms with E-state index in [0.29, 0.717) is 19.3 Å². The fourth-order valence-corrected chi connectivity index (χ4v) is 2.74. The number of halogens is 1. The van der Waals surface area contributed by atoms with Crippen LogP contribution in [0.15, 0.2) is 10.7 Å². The SMILES string of the molecule is CNC(CC1OCCO1)c1c(Br)cnn1C(C)C. The predicted molar refractivity (Wildman–Crippen MR) is 72.4 cm³/mol. The molecule has 2 rings (SSSR count). The molecular formula is C12H20BrN3O2. The zero-order chi connectivity index (χ0) is 13.1. The van der Waals surface area contributed by atoms with Crippen LogP contribution >= 0.6 is 15.9 Å². The lowest BCUT2D eigenvalue weighted by Gasteiger charge is -2.22. The number of hydrogen-bond donors (Lipinski definition) is 1. The number of ether oxygens (including phenoxy) is 2. The molecular weight excluding hydrogens is 298 g/mol. The Morgan fingerprint density at radius 2 is 2.17 bits per heavy atom. The van der Waals surface area contributed by atoms with Crippen LogP contribution in [-0.2, 0) is 9.47 Å². The maximum absolute atomic E-state index is 5.52. The van der Waals surface area contributed by atoms with Gasteiger partial charge in [0.05, 0.1) is 35.6 Å². The van der Waals surface area contributed by atoms with Gasteiger partial charge in [0.25, 0.3) is 0 Å². The zero-order valence-electron chi connectivity index (χ0n) is 11.0. The molecule has 1 aromatic rings. The summed E-state index contributed by atoms with van der Waals surface area (Å²) < 4.78 is 14.1. The summed E-state index contributed by atoms with van der Waals surface area (Å²) in [5.41, 5.74) is 1.14. The molecule has 1 N–H and O–H groups in total. The Balaban J connectivity index is 2.17. The minimum atomic E-state index is -0.120. The number of nitrogens with one attached hydrogen (secondary N) is 1. The molecule has 1 saturated heterocycles. The van der Waals surface area contributed by atoms with E-state index in [1.165, 1.54) is 0 Å². The first-order valence-corrected chi connectivity index (χ1v) is 7.06. The Hall–Kier alpha value is -0.430. The van der Waals surface area contributed by atoms with Crippen LogP contribution in [0.2, 0.25) is 0 Å². The fourth-order valence-electron chi connectivity index (χ4n) is 2.19. The summed E-state index contributed by atoms with van der Waals surface area (Å²) in [4.78, 5) is 0. The van der Waals surface area contributed by atoms with Gasteiger partial charge in [-0.2, -0.15) is 5.10 Å². The van der Waals surface area contributed by atoms with Crippen molar-refractivity contribution in [3.63, 3.8) is 0 Å². The third-order valence-electron chi connectivity index (χ3n) is 3.07. The average Bonchev–Trinajstić information content (AvgIpc) is 2.95. The molecule has 2 heterocycles. The first-order chi connectivity index (χ1) is 8.63. The van der Waals surface area contributed by atoms with Crippen molar-refractivity contribution in [1.82, 2.24) is 15.1 Å². The van der Waals surface area contributed by atoms with Gasteiger partial charge in [0.1, 0.15) is 0 Å². The van der Waals surface area contributed by atoms with Gasteiger partial charge in [-0.25, -0.2) is 0 Å². The second-order valence-corrected chi connectivity index (χ2v) is 5.52. The van der Waals surface area contributed by atoms with E-state index in [1.54, 1.807) is 0 Å². The molecule has 0 bridgehead atoms. The Labute approximate surface area is 116 Å². The zero-order valence-corrected chi connectivity index (χ0v) is 12.6. The van der Waals surface area contributed by atoms with E-state index in [-0.39, 0.29) is 12.3 Å². The molecule has 1 aliphatic heterocycles. The van der Waals surface area contributed by atoms with Gasteiger partial charge >= 0.3 is 0 Å². The monoisotopic (exact) mass is 317 g/mol. The largest absolute Gasteiger partial charge is 0.350 e. The highest BCUT2D eigenvalue weighted by molar-refractivity contribution is 9.10. The summed E-state index contributed by atoms with van der Waals surface area (Å²) in [7, 11) is 1.95. The van der Waals surface area contributed by atoms with Gasteiger partial charge in [-0.15, -0.1) is 0 Å². The molecule has 0 saturated carbocycles. The van der Waals surface area contributed by atoms with E-state index in [0.717, 1.165) is 16.6 Å². The van der Waals surface area contributed by atoms with Gasteiger partial charge in [-0.05, 0) is 36.8 Å². The van der Waals surface area contributed by atoms with Crippen LogP contribution in [0.25, 0.3) is 0 Å². The van der Waals surface area contributed by atoms with Gasteiger partial charge in [0, 0.05) is 12.5 Å². The number of aromatic nitrogens is 2. The smallest absolute Gasteiger partial charge is 0.159 e. The standard InChI is InChI=1S/C12H20BrN3O2/c1-8(2)16-12(9(13)7-15-16)10(14-3)6-11-17-4-5-18-11/h7-8,10-11,14H,4-6H2,1-3H3. The van der Waals surface area contributed by atoms with Crippen molar-refractivity contribution in [2.24, 2.45) is 0 Å². The quantitative estimate of drug-likeness (QED) is 0.905. The molecule has 0 spiro atoms. The molecule has 1 aliphatic rings. The molecule has 0 radical (unpaired) electrons. The summed E-state index contributed by atoms with van der Waals surface area (Å²) in [6, 6.07) is 0.486. The Kier molecular flexibility index (Phi) is 4.77. The molecule has 0 aromatic carbocycles. The van der Waals surface area contributed by atoms with Crippen LogP contribution in [0.3, 0.4) is 0 Å². The van der Waals surface area contributed by atoms with Crippen molar-refractivity contribution in [3.8, 4) is 0 Å². The van der Waals surface area contributed by atoms with Gasteiger partial charge in [0.15, 0.2) is 6.29 Å². The molecule has 1 fully saturated rings. The molecule has 0 aliphatic carbocycles. The topological polar surface area (TPSA) is 48.3 Å². The van der Waals surface area contributed by atoms with Crippen molar-refractivity contribution >= 4 is 15.9 Å². The maximum Gasteiger partial charge on any atom is 0.159 e. The second-order valence-electron chi connectivity index (χ2n) is 4.66. The first-order valence-electron chi connectivity index (χ1n) is 6.26. The fraction of sp³-hybridized carbons (Fsp3) is 0.750. The Morgan fingerprint density at radius 3 is 2.72 bits per heavy atom. The number of hydrogen-bond acceptors (Lipinski definition) is 4. The third-order valence-corrected chi connectivity index (χ3v) is 3.68. The van der Waals surface area contributed by atoms with Gasteiger partial charge in [0.2, 0.25) is 0 Å². The highest BCUT2D eigenvalue weighted by Gasteiger charge is 2.26. The molecule has 6 heteroatoms. The van der Waals surface area contributed by atoms with E-state index < -0.39 is 0 Å². The van der Waals surface area contributed by atoms with Gasteiger partial charge in [-0.3, -0.25) is 4.68 Å². The summed E-state index contributed by atoms with van der Waals surface area (Å²) in [6.07, 6.45) is 2.51. The van der Waals surface area contributed by atoms with E-state index >= 15 is 0 Å². The van der Waals surface area contributed by atoms with E-state index in [4.69, 9.17) is 9.47 Å². The lowest BCUT2D eigenvalue weighted by molar-refractivity contribution is -0.0531. The summed E-state index contributed by atoms with van der Waals surface area (Å²) in [5.74, 6) is 0. The molecule has 1 atom stereocenters. The molecule has 0 amide bonds. The van der Waals surface area contributed by atoms with Crippen LogP contribution < -0.4 is 5.32 Å². The Morgan fingerprint density at radius 1 is 1.50 bits per heavy atom. The minimum Gasteiger partial charge on any atom is -0.350 e. The van der Waals surface area contributed by atoms with Crippen LogP contribution in [0.1, 0.15) is 38.0 Å². The van der Waals surface area contributed by atoms with Crippen molar-refractivity contribution < 1.29 is 9.47 Å². The normalized spacial score (nSPS) is 18.7. The van der Waals surface area contributed by atoms with Crippen molar-refractivity contribution in [2.45, 2.75) is 38.6 Å². The highest BCUT2D eigenvalue weighted by Crippen LogP contribution is 2.29. The van der Waals surface area contributed by atoms with Crippen LogP contribution in [0, 0.1) is 0 Å². The molecule has 5 nitrogen and oxygen atoms in total. The van der Waals surface area contributed by atoms with Gasteiger partial charge < -0.3 is 14.8 Å². The van der Waals surface area contributed by atoms with Crippen molar-refractivity contribution in [2.75, 3.05) is 20.3 Å². The van der Waals surface area contributed by atoms with Crippen molar-refractivity contribution in [1.29, 1.82) is 0 Å². The predicted octanol–water partition coefficient (Wildman–Crippen LogP) is 2.25. The van der Waals surface area contributed by atoms with Gasteiger partial charge in [-0.1, -0.05) is 0 Å². The molecule has 1 aromatic heterocycles. The van der Waals surface area contributed by atoms with Crippen LogP contribution in [0.5, 0.6) is 0 Å². The lowest BCUT2D eigenvalue weighted by Crippen LogP contribution is -2.26. The molecule has 102 valence electrons. The summed E-state index contributed by atoms with van der Waals surface area (Å²) in [6.45, 7) is 5.62. The second kappa shape index (κ2) is 6.14. The van der Waals surface area contributed by atoms with E-state index in [9.17, 15) is 0 Å². The average molecular weight is 318 g/mol. The summed E-state index contributed by atoms with van der Waals surface area (Å²) >= 11 is 3.57. The maximum atomic E-state index is 5.52. The minimum absolute atomic E-state index is 0.120. The molecule has 18 heavy (non-hydrogen) atoms. The Bertz CT molecular complexity index is 389. The molecule has 1 unspecified atom stereocenters. The lowest BCUT2D eigenvalue weighted by atomic mass is 10.1. The highest BCUT2D eigenvalue weighted by atomic mass is 79.9.